The Morgan fingerprint density at radius 3 is 2.10 bits per heavy atom. The van der Waals surface area contributed by atoms with E-state index in [-0.39, 0.29) is 6.54 Å². The Morgan fingerprint density at radius 1 is 0.952 bits per heavy atom. The number of unbranched alkanes of at least 4 members (excludes halogenated alkanes) is 7. The summed E-state index contributed by atoms with van der Waals surface area (Å²) in [5, 5.41) is 29.1. The Kier molecular flexibility index (Phi) is 9.08. The third kappa shape index (κ3) is 6.02. The number of β-amino-alcohol motifs (C(OH)–C–C–N with tert-alkyl or cyclic N) is 1. The Bertz CT molecular complexity index is 287. The number of piperidine rings is 1. The SMILES string of the molecule is CCCCCCCCCCN1CC(O)C(O)C(O)C1C=O. The first kappa shape index (κ1) is 18.6. The van der Waals surface area contributed by atoms with Gasteiger partial charge in [-0.05, 0) is 13.0 Å². The maximum absolute atomic E-state index is 11.1. The predicted molar refractivity (Wildman–Crippen MR) is 82.1 cm³/mol. The molecule has 1 rings (SSSR count). The van der Waals surface area contributed by atoms with Crippen LogP contribution in [-0.2, 0) is 4.79 Å². The molecule has 0 aromatic heterocycles. The van der Waals surface area contributed by atoms with Crippen LogP contribution in [0.3, 0.4) is 0 Å². The molecule has 1 fully saturated rings. The first-order valence-corrected chi connectivity index (χ1v) is 8.35. The van der Waals surface area contributed by atoms with Gasteiger partial charge in [-0.15, -0.1) is 0 Å². The number of hydrogen-bond acceptors (Lipinski definition) is 5. The minimum absolute atomic E-state index is 0.248. The fourth-order valence-electron chi connectivity index (χ4n) is 2.97. The zero-order chi connectivity index (χ0) is 15.7. The molecule has 5 nitrogen and oxygen atoms in total. The van der Waals surface area contributed by atoms with E-state index in [1.54, 1.807) is 4.90 Å². The van der Waals surface area contributed by atoms with Gasteiger partial charge < -0.3 is 20.1 Å². The normalized spacial score (nSPS) is 30.5. The molecule has 5 heteroatoms. The molecule has 1 aliphatic heterocycles. The van der Waals surface area contributed by atoms with E-state index in [0.717, 1.165) is 12.8 Å². The minimum atomic E-state index is -1.23. The van der Waals surface area contributed by atoms with Crippen LogP contribution in [0.4, 0.5) is 0 Å². The summed E-state index contributed by atoms with van der Waals surface area (Å²) < 4.78 is 0. The number of aliphatic hydroxyl groups excluding tert-OH is 3. The number of rotatable bonds is 10. The Labute approximate surface area is 128 Å². The fourth-order valence-corrected chi connectivity index (χ4v) is 2.97. The number of aliphatic hydroxyl groups is 3. The van der Waals surface area contributed by atoms with Crippen molar-refractivity contribution in [3.8, 4) is 0 Å². The lowest BCUT2D eigenvalue weighted by molar-refractivity contribution is -0.147. The van der Waals surface area contributed by atoms with Crippen LogP contribution in [0.15, 0.2) is 0 Å². The fraction of sp³-hybridized carbons (Fsp3) is 0.938. The highest BCUT2D eigenvalue weighted by atomic mass is 16.4. The largest absolute Gasteiger partial charge is 0.389 e. The maximum Gasteiger partial charge on any atom is 0.139 e. The molecule has 21 heavy (non-hydrogen) atoms. The van der Waals surface area contributed by atoms with Gasteiger partial charge in [-0.25, -0.2) is 0 Å². The lowest BCUT2D eigenvalue weighted by Crippen LogP contribution is -2.61. The Hall–Kier alpha value is -0.490. The molecule has 1 heterocycles. The van der Waals surface area contributed by atoms with Crippen LogP contribution in [0.25, 0.3) is 0 Å². The molecular formula is C16H31NO4. The van der Waals surface area contributed by atoms with Crippen molar-refractivity contribution in [3.05, 3.63) is 0 Å². The molecule has 0 radical (unpaired) electrons. The molecule has 0 bridgehead atoms. The second kappa shape index (κ2) is 10.3. The van der Waals surface area contributed by atoms with E-state index in [1.807, 2.05) is 0 Å². The van der Waals surface area contributed by atoms with E-state index in [9.17, 15) is 20.1 Å². The van der Waals surface area contributed by atoms with Crippen molar-refractivity contribution in [1.82, 2.24) is 4.90 Å². The lowest BCUT2D eigenvalue weighted by atomic mass is 9.94. The highest BCUT2D eigenvalue weighted by Crippen LogP contribution is 2.19. The van der Waals surface area contributed by atoms with Crippen molar-refractivity contribution in [2.45, 2.75) is 82.6 Å². The van der Waals surface area contributed by atoms with Crippen LogP contribution in [-0.4, -0.2) is 63.9 Å². The quantitative estimate of drug-likeness (QED) is 0.416. The minimum Gasteiger partial charge on any atom is -0.389 e. The van der Waals surface area contributed by atoms with Crippen LogP contribution < -0.4 is 0 Å². The zero-order valence-corrected chi connectivity index (χ0v) is 13.2. The summed E-state index contributed by atoms with van der Waals surface area (Å²) in [4.78, 5) is 12.9. The van der Waals surface area contributed by atoms with Crippen molar-refractivity contribution < 1.29 is 20.1 Å². The molecule has 0 spiro atoms. The highest BCUT2D eigenvalue weighted by molar-refractivity contribution is 5.59. The van der Waals surface area contributed by atoms with E-state index in [4.69, 9.17) is 0 Å². The van der Waals surface area contributed by atoms with E-state index >= 15 is 0 Å². The molecule has 0 aromatic carbocycles. The molecule has 0 aromatic rings. The molecule has 124 valence electrons. The van der Waals surface area contributed by atoms with Gasteiger partial charge >= 0.3 is 0 Å². The molecule has 0 saturated carbocycles. The number of aldehydes is 1. The number of nitrogens with zero attached hydrogens (tertiary/aromatic N) is 1. The molecule has 1 aliphatic rings. The summed E-state index contributed by atoms with van der Waals surface area (Å²) in [7, 11) is 0. The predicted octanol–water partition coefficient (Wildman–Crippen LogP) is 1.09. The van der Waals surface area contributed by atoms with E-state index in [1.165, 1.54) is 38.5 Å². The topological polar surface area (TPSA) is 81.0 Å². The van der Waals surface area contributed by atoms with Crippen LogP contribution in [0.5, 0.6) is 0 Å². The molecular weight excluding hydrogens is 270 g/mol. The number of likely N-dealkylation sites (tertiary alicyclic amines) is 1. The van der Waals surface area contributed by atoms with E-state index in [0.29, 0.717) is 12.8 Å². The van der Waals surface area contributed by atoms with Crippen LogP contribution >= 0.6 is 0 Å². The first-order valence-electron chi connectivity index (χ1n) is 8.35. The maximum atomic E-state index is 11.1. The Morgan fingerprint density at radius 2 is 1.52 bits per heavy atom. The van der Waals surface area contributed by atoms with Gasteiger partial charge in [0.2, 0.25) is 0 Å². The highest BCUT2D eigenvalue weighted by Gasteiger charge is 2.40. The summed E-state index contributed by atoms with van der Waals surface area (Å²) in [6, 6.07) is -0.701. The van der Waals surface area contributed by atoms with E-state index in [2.05, 4.69) is 6.92 Å². The summed E-state index contributed by atoms with van der Waals surface area (Å²) in [5.41, 5.74) is 0. The van der Waals surface area contributed by atoms with Crippen LogP contribution in [0.1, 0.15) is 58.3 Å². The molecule has 3 N–H and O–H groups in total. The molecule has 0 aliphatic carbocycles. The monoisotopic (exact) mass is 301 g/mol. The molecule has 4 atom stereocenters. The second-order valence-corrected chi connectivity index (χ2v) is 6.15. The number of hydrogen-bond donors (Lipinski definition) is 3. The average molecular weight is 301 g/mol. The number of carbonyl (C=O) groups excluding carboxylic acids is 1. The van der Waals surface area contributed by atoms with Gasteiger partial charge in [-0.3, -0.25) is 4.90 Å². The molecule has 4 unspecified atom stereocenters. The summed E-state index contributed by atoms with van der Waals surface area (Å²) in [5.74, 6) is 0. The lowest BCUT2D eigenvalue weighted by Gasteiger charge is -2.41. The van der Waals surface area contributed by atoms with Gasteiger partial charge in [0.1, 0.15) is 18.5 Å². The summed E-state index contributed by atoms with van der Waals surface area (Å²) in [6.45, 7) is 3.14. The smallest absolute Gasteiger partial charge is 0.139 e. The van der Waals surface area contributed by atoms with Crippen molar-refractivity contribution in [1.29, 1.82) is 0 Å². The second-order valence-electron chi connectivity index (χ2n) is 6.15. The molecule has 0 amide bonds. The molecule has 1 saturated heterocycles. The van der Waals surface area contributed by atoms with Crippen molar-refractivity contribution >= 4 is 6.29 Å². The van der Waals surface area contributed by atoms with E-state index < -0.39 is 24.4 Å². The average Bonchev–Trinajstić information content (AvgIpc) is 2.48. The third-order valence-electron chi connectivity index (χ3n) is 4.38. The van der Waals surface area contributed by atoms with Gasteiger partial charge in [-0.1, -0.05) is 51.9 Å². The van der Waals surface area contributed by atoms with Gasteiger partial charge in [0.25, 0.3) is 0 Å². The number of carbonyl (C=O) groups is 1. The van der Waals surface area contributed by atoms with Gasteiger partial charge in [0.15, 0.2) is 0 Å². The van der Waals surface area contributed by atoms with Crippen molar-refractivity contribution in [2.75, 3.05) is 13.1 Å². The standard InChI is InChI=1S/C16H31NO4/c1-2-3-4-5-6-7-8-9-10-17-11-14(19)16(21)15(20)13(17)12-18/h12-16,19-21H,2-11H2,1H3. The van der Waals surface area contributed by atoms with Gasteiger partial charge in [0.05, 0.1) is 12.1 Å². The van der Waals surface area contributed by atoms with Gasteiger partial charge in [0, 0.05) is 6.54 Å². The van der Waals surface area contributed by atoms with Crippen LogP contribution in [0, 0.1) is 0 Å². The van der Waals surface area contributed by atoms with Crippen LogP contribution in [0.2, 0.25) is 0 Å². The van der Waals surface area contributed by atoms with Gasteiger partial charge in [-0.2, -0.15) is 0 Å². The Balaban J connectivity index is 2.19. The zero-order valence-electron chi connectivity index (χ0n) is 13.2. The van der Waals surface area contributed by atoms with Crippen molar-refractivity contribution in [3.63, 3.8) is 0 Å². The summed E-state index contributed by atoms with van der Waals surface area (Å²) >= 11 is 0. The first-order chi connectivity index (χ1) is 10.1. The summed E-state index contributed by atoms with van der Waals surface area (Å²) in [6.07, 6.45) is 6.94. The van der Waals surface area contributed by atoms with Crippen molar-refractivity contribution in [2.24, 2.45) is 0 Å². The third-order valence-corrected chi connectivity index (χ3v) is 4.38.